The first-order valence-electron chi connectivity index (χ1n) is 6.79. The molecular weight excluding hydrogens is 248 g/mol. The molecule has 0 aromatic heterocycles. The van der Waals surface area contributed by atoms with Crippen LogP contribution in [0.4, 0.5) is 0 Å². The van der Waals surface area contributed by atoms with E-state index in [1.54, 1.807) is 9.80 Å². The van der Waals surface area contributed by atoms with Gasteiger partial charge in [0.25, 0.3) is 0 Å². The van der Waals surface area contributed by atoms with Gasteiger partial charge >= 0.3 is 5.97 Å². The number of rotatable bonds is 2. The first-order valence-corrected chi connectivity index (χ1v) is 6.79. The fourth-order valence-corrected chi connectivity index (χ4v) is 2.96. The Morgan fingerprint density at radius 3 is 2.21 bits per heavy atom. The average molecular weight is 268 g/mol. The van der Waals surface area contributed by atoms with Crippen molar-refractivity contribution >= 4 is 17.8 Å². The van der Waals surface area contributed by atoms with E-state index in [0.29, 0.717) is 32.5 Å². The molecule has 2 heterocycles. The smallest absolute Gasteiger partial charge is 0.306 e. The van der Waals surface area contributed by atoms with E-state index in [9.17, 15) is 14.4 Å². The maximum absolute atomic E-state index is 12.4. The van der Waals surface area contributed by atoms with E-state index in [0.717, 1.165) is 12.8 Å². The van der Waals surface area contributed by atoms with Gasteiger partial charge in [0.05, 0.1) is 5.92 Å². The summed E-state index contributed by atoms with van der Waals surface area (Å²) in [6.07, 6.45) is 2.60. The minimum Gasteiger partial charge on any atom is -0.481 e. The molecule has 0 saturated carbocycles. The van der Waals surface area contributed by atoms with Gasteiger partial charge in [0, 0.05) is 26.6 Å². The number of nitrogens with zero attached hydrogens (tertiary/aromatic N) is 2. The molecule has 19 heavy (non-hydrogen) atoms. The fraction of sp³-hybridized carbons (Fsp3) is 0.769. The molecule has 1 N–H and O–H groups in total. The molecular formula is C13H20N2O4. The van der Waals surface area contributed by atoms with Crippen LogP contribution in [-0.4, -0.2) is 58.4 Å². The predicted molar refractivity (Wildman–Crippen MR) is 67.3 cm³/mol. The Morgan fingerprint density at radius 1 is 1.05 bits per heavy atom. The highest BCUT2D eigenvalue weighted by Crippen LogP contribution is 2.23. The number of aliphatic carboxylic acids is 1. The molecule has 2 fully saturated rings. The summed E-state index contributed by atoms with van der Waals surface area (Å²) in [6, 6.07) is -0.334. The molecule has 6 heteroatoms. The molecule has 2 aliphatic rings. The van der Waals surface area contributed by atoms with Crippen molar-refractivity contribution in [1.29, 1.82) is 0 Å². The molecule has 0 aliphatic carbocycles. The first kappa shape index (κ1) is 13.8. The third-order valence-electron chi connectivity index (χ3n) is 4.10. The van der Waals surface area contributed by atoms with Crippen LogP contribution in [-0.2, 0) is 14.4 Å². The monoisotopic (exact) mass is 268 g/mol. The number of piperidine rings is 1. The Bertz CT molecular complexity index is 388. The lowest BCUT2D eigenvalue weighted by Crippen LogP contribution is -2.50. The third-order valence-corrected chi connectivity index (χ3v) is 4.10. The minimum absolute atomic E-state index is 0.0171. The Balaban J connectivity index is 1.94. The zero-order valence-corrected chi connectivity index (χ0v) is 11.2. The lowest BCUT2D eigenvalue weighted by Gasteiger charge is -2.34. The summed E-state index contributed by atoms with van der Waals surface area (Å²) in [5.74, 6) is -1.19. The minimum atomic E-state index is -0.779. The second kappa shape index (κ2) is 5.59. The molecule has 2 amide bonds. The number of hydrogen-bond donors (Lipinski definition) is 1. The number of amides is 2. The van der Waals surface area contributed by atoms with Crippen LogP contribution < -0.4 is 0 Å². The van der Waals surface area contributed by atoms with Crippen LogP contribution in [0, 0.1) is 5.92 Å². The van der Waals surface area contributed by atoms with E-state index in [2.05, 4.69) is 0 Å². The second-order valence-electron chi connectivity index (χ2n) is 5.31. The van der Waals surface area contributed by atoms with Gasteiger partial charge in [-0.2, -0.15) is 0 Å². The van der Waals surface area contributed by atoms with Crippen molar-refractivity contribution in [2.75, 3.05) is 19.6 Å². The van der Waals surface area contributed by atoms with E-state index in [4.69, 9.17) is 5.11 Å². The van der Waals surface area contributed by atoms with E-state index >= 15 is 0 Å². The van der Waals surface area contributed by atoms with E-state index in [-0.39, 0.29) is 23.8 Å². The molecule has 1 atom stereocenters. The highest BCUT2D eigenvalue weighted by Gasteiger charge is 2.36. The zero-order valence-electron chi connectivity index (χ0n) is 11.2. The SMILES string of the molecule is CC(=O)N1CCC[C@@H]1C(=O)N1CCC(C(=O)O)CC1. The molecule has 0 spiro atoms. The van der Waals surface area contributed by atoms with Gasteiger partial charge in [0.2, 0.25) is 11.8 Å². The molecule has 2 rings (SSSR count). The van der Waals surface area contributed by atoms with Gasteiger partial charge in [-0.15, -0.1) is 0 Å². The largest absolute Gasteiger partial charge is 0.481 e. The molecule has 0 aromatic rings. The molecule has 6 nitrogen and oxygen atoms in total. The zero-order chi connectivity index (χ0) is 14.0. The van der Waals surface area contributed by atoms with E-state index in [1.807, 2.05) is 0 Å². The van der Waals surface area contributed by atoms with Crippen LogP contribution in [0.1, 0.15) is 32.6 Å². The molecule has 2 aliphatic heterocycles. The van der Waals surface area contributed by atoms with Gasteiger partial charge in [-0.05, 0) is 25.7 Å². The van der Waals surface area contributed by atoms with Crippen molar-refractivity contribution in [2.24, 2.45) is 5.92 Å². The number of hydrogen-bond acceptors (Lipinski definition) is 3. The summed E-state index contributed by atoms with van der Waals surface area (Å²) in [5, 5.41) is 8.93. The van der Waals surface area contributed by atoms with Crippen molar-refractivity contribution in [2.45, 2.75) is 38.6 Å². The lowest BCUT2D eigenvalue weighted by atomic mass is 9.96. The highest BCUT2D eigenvalue weighted by molar-refractivity contribution is 5.87. The maximum atomic E-state index is 12.4. The molecule has 0 bridgehead atoms. The number of carboxylic acid groups (broad SMARTS) is 1. The standard InChI is InChI=1S/C13H20N2O4/c1-9(16)15-6-2-3-11(15)12(17)14-7-4-10(5-8-14)13(18)19/h10-11H,2-8H2,1H3,(H,18,19)/t11-/m1/s1. The van der Waals surface area contributed by atoms with Crippen LogP contribution in [0.15, 0.2) is 0 Å². The van der Waals surface area contributed by atoms with Crippen molar-refractivity contribution in [3.63, 3.8) is 0 Å². The molecule has 2 saturated heterocycles. The van der Waals surface area contributed by atoms with Gasteiger partial charge in [-0.25, -0.2) is 0 Å². The van der Waals surface area contributed by atoms with Crippen molar-refractivity contribution in [1.82, 2.24) is 9.80 Å². The van der Waals surface area contributed by atoms with E-state index < -0.39 is 5.97 Å². The summed E-state index contributed by atoms with van der Waals surface area (Å²) in [5.41, 5.74) is 0. The van der Waals surface area contributed by atoms with Crippen molar-refractivity contribution in [3.8, 4) is 0 Å². The summed E-state index contributed by atoms with van der Waals surface area (Å²) in [7, 11) is 0. The molecule has 0 unspecified atom stereocenters. The number of carbonyl (C=O) groups excluding carboxylic acids is 2. The number of likely N-dealkylation sites (tertiary alicyclic amines) is 2. The van der Waals surface area contributed by atoms with Crippen LogP contribution in [0.25, 0.3) is 0 Å². The van der Waals surface area contributed by atoms with Gasteiger partial charge in [0.15, 0.2) is 0 Å². The van der Waals surface area contributed by atoms with E-state index in [1.165, 1.54) is 6.92 Å². The Labute approximate surface area is 112 Å². The molecule has 0 aromatic carbocycles. The summed E-state index contributed by atoms with van der Waals surface area (Å²) in [4.78, 5) is 38.1. The Hall–Kier alpha value is -1.59. The Morgan fingerprint density at radius 2 is 1.68 bits per heavy atom. The van der Waals surface area contributed by atoms with Crippen LogP contribution >= 0.6 is 0 Å². The van der Waals surface area contributed by atoms with Crippen LogP contribution in [0.3, 0.4) is 0 Å². The summed E-state index contributed by atoms with van der Waals surface area (Å²) < 4.78 is 0. The van der Waals surface area contributed by atoms with Gasteiger partial charge < -0.3 is 14.9 Å². The normalized spacial score (nSPS) is 24.6. The fourth-order valence-electron chi connectivity index (χ4n) is 2.96. The average Bonchev–Trinajstić information content (AvgIpc) is 2.87. The topological polar surface area (TPSA) is 77.9 Å². The van der Waals surface area contributed by atoms with Gasteiger partial charge in [-0.1, -0.05) is 0 Å². The van der Waals surface area contributed by atoms with Gasteiger partial charge in [0.1, 0.15) is 6.04 Å². The van der Waals surface area contributed by atoms with Crippen LogP contribution in [0.2, 0.25) is 0 Å². The van der Waals surface area contributed by atoms with Crippen molar-refractivity contribution < 1.29 is 19.5 Å². The maximum Gasteiger partial charge on any atom is 0.306 e. The molecule has 106 valence electrons. The highest BCUT2D eigenvalue weighted by atomic mass is 16.4. The van der Waals surface area contributed by atoms with Crippen LogP contribution in [0.5, 0.6) is 0 Å². The lowest BCUT2D eigenvalue weighted by molar-refractivity contribution is -0.148. The molecule has 0 radical (unpaired) electrons. The predicted octanol–water partition coefficient (Wildman–Crippen LogP) is 0.320. The first-order chi connectivity index (χ1) is 9.00. The number of carboxylic acids is 1. The quantitative estimate of drug-likeness (QED) is 0.782. The third kappa shape index (κ3) is 2.88. The van der Waals surface area contributed by atoms with Gasteiger partial charge in [-0.3, -0.25) is 14.4 Å². The summed E-state index contributed by atoms with van der Waals surface area (Å²) in [6.45, 7) is 3.11. The number of carbonyl (C=O) groups is 3. The summed E-state index contributed by atoms with van der Waals surface area (Å²) >= 11 is 0. The van der Waals surface area contributed by atoms with Crippen molar-refractivity contribution in [3.05, 3.63) is 0 Å². The second-order valence-corrected chi connectivity index (χ2v) is 5.31. The Kier molecular flexibility index (Phi) is 4.07.